The molecular formula is C9H16FN. The maximum absolute atomic E-state index is 13.9. The molecule has 2 atom stereocenters. The monoisotopic (exact) mass is 157 g/mol. The second kappa shape index (κ2) is 2.44. The highest BCUT2D eigenvalue weighted by Gasteiger charge is 2.46. The summed E-state index contributed by atoms with van der Waals surface area (Å²) >= 11 is 0. The lowest BCUT2D eigenvalue weighted by Gasteiger charge is -2.45. The fourth-order valence-corrected chi connectivity index (χ4v) is 2.54. The van der Waals surface area contributed by atoms with Crippen LogP contribution in [0, 0.1) is 11.8 Å². The van der Waals surface area contributed by atoms with Gasteiger partial charge in [-0.15, -0.1) is 0 Å². The molecule has 1 aliphatic heterocycles. The van der Waals surface area contributed by atoms with Gasteiger partial charge in [-0.2, -0.15) is 0 Å². The van der Waals surface area contributed by atoms with Gasteiger partial charge in [-0.3, -0.25) is 0 Å². The molecule has 0 amide bonds. The van der Waals surface area contributed by atoms with Crippen LogP contribution in [-0.2, 0) is 0 Å². The third kappa shape index (κ3) is 1.08. The van der Waals surface area contributed by atoms with Crippen molar-refractivity contribution in [3.63, 3.8) is 0 Å². The molecule has 0 aromatic heterocycles. The van der Waals surface area contributed by atoms with Crippen LogP contribution in [0.3, 0.4) is 0 Å². The van der Waals surface area contributed by atoms with Gasteiger partial charge in [0.05, 0.1) is 0 Å². The number of nitrogens with one attached hydrogen (secondary N) is 1. The fraction of sp³-hybridized carbons (Fsp3) is 1.00. The van der Waals surface area contributed by atoms with Crippen LogP contribution in [0.5, 0.6) is 0 Å². The van der Waals surface area contributed by atoms with Crippen LogP contribution in [0.25, 0.3) is 0 Å². The van der Waals surface area contributed by atoms with Crippen molar-refractivity contribution in [2.45, 2.75) is 31.9 Å². The van der Waals surface area contributed by atoms with Gasteiger partial charge in [-0.1, -0.05) is 6.42 Å². The number of hydrogen-bond donors (Lipinski definition) is 1. The van der Waals surface area contributed by atoms with E-state index in [9.17, 15) is 4.39 Å². The van der Waals surface area contributed by atoms with Gasteiger partial charge >= 0.3 is 0 Å². The Morgan fingerprint density at radius 3 is 2.27 bits per heavy atom. The largest absolute Gasteiger partial charge is 0.316 e. The number of piperidine rings is 1. The molecule has 2 fully saturated rings. The number of halogens is 1. The molecule has 0 spiro atoms. The van der Waals surface area contributed by atoms with E-state index < -0.39 is 5.67 Å². The molecule has 2 rings (SSSR count). The Morgan fingerprint density at radius 1 is 1.27 bits per heavy atom. The highest BCUT2D eigenvalue weighted by atomic mass is 19.1. The summed E-state index contributed by atoms with van der Waals surface area (Å²) in [7, 11) is 0. The van der Waals surface area contributed by atoms with Crippen LogP contribution < -0.4 is 5.32 Å². The Kier molecular flexibility index (Phi) is 1.67. The number of hydrogen-bond acceptors (Lipinski definition) is 1. The molecule has 1 heterocycles. The molecule has 0 aromatic carbocycles. The van der Waals surface area contributed by atoms with E-state index in [0.717, 1.165) is 25.9 Å². The van der Waals surface area contributed by atoms with Crippen LogP contribution in [0.2, 0.25) is 0 Å². The smallest absolute Gasteiger partial charge is 0.116 e. The summed E-state index contributed by atoms with van der Waals surface area (Å²) in [6, 6.07) is 0. The average molecular weight is 157 g/mol. The molecule has 1 saturated heterocycles. The van der Waals surface area contributed by atoms with E-state index in [0.29, 0.717) is 0 Å². The molecule has 11 heavy (non-hydrogen) atoms. The van der Waals surface area contributed by atoms with Gasteiger partial charge < -0.3 is 5.32 Å². The fourth-order valence-electron chi connectivity index (χ4n) is 2.54. The second-order valence-electron chi connectivity index (χ2n) is 4.13. The van der Waals surface area contributed by atoms with Crippen molar-refractivity contribution in [1.29, 1.82) is 0 Å². The van der Waals surface area contributed by atoms with Gasteiger partial charge in [0.25, 0.3) is 0 Å². The highest BCUT2D eigenvalue weighted by Crippen LogP contribution is 2.42. The summed E-state index contributed by atoms with van der Waals surface area (Å²) < 4.78 is 13.9. The summed E-state index contributed by atoms with van der Waals surface area (Å²) in [4.78, 5) is 0. The maximum Gasteiger partial charge on any atom is 0.116 e. The minimum Gasteiger partial charge on any atom is -0.316 e. The summed E-state index contributed by atoms with van der Waals surface area (Å²) in [5.41, 5.74) is -0.872. The minimum absolute atomic E-state index is 0.287. The molecule has 2 aliphatic rings. The van der Waals surface area contributed by atoms with Crippen LogP contribution >= 0.6 is 0 Å². The van der Waals surface area contributed by atoms with Crippen molar-refractivity contribution in [1.82, 2.24) is 5.32 Å². The zero-order chi connectivity index (χ0) is 7.90. The van der Waals surface area contributed by atoms with Crippen LogP contribution in [-0.4, -0.2) is 18.8 Å². The van der Waals surface area contributed by atoms with E-state index in [1.807, 2.05) is 0 Å². The molecular weight excluding hydrogens is 141 g/mol. The van der Waals surface area contributed by atoms with Crippen molar-refractivity contribution in [3.05, 3.63) is 0 Å². The average Bonchev–Trinajstić information content (AvgIpc) is 1.82. The van der Waals surface area contributed by atoms with E-state index in [-0.39, 0.29) is 11.8 Å². The molecule has 1 aliphatic carbocycles. The first-order chi connectivity index (χ1) is 5.21. The van der Waals surface area contributed by atoms with Crippen LogP contribution in [0.4, 0.5) is 4.39 Å². The Bertz CT molecular complexity index is 132. The molecule has 1 saturated carbocycles. The summed E-state index contributed by atoms with van der Waals surface area (Å²) in [5.74, 6) is 0.574. The number of fused-ring (bicyclic) bond motifs is 2. The number of alkyl halides is 1. The standard InChI is InChI=1S/C9H16FN/c1-9(10)7-3-2-4-8(9)6-11-5-7/h7-8,11H,2-6H2,1H3. The normalized spacial score (nSPS) is 50.7. The molecule has 1 N–H and O–H groups in total. The quantitative estimate of drug-likeness (QED) is 0.564. The van der Waals surface area contributed by atoms with Crippen molar-refractivity contribution in [2.75, 3.05) is 13.1 Å². The number of rotatable bonds is 0. The lowest BCUT2D eigenvalue weighted by Crippen LogP contribution is -2.54. The van der Waals surface area contributed by atoms with Gasteiger partial charge in [-0.25, -0.2) is 4.39 Å². The molecule has 0 aromatic rings. The van der Waals surface area contributed by atoms with Gasteiger partial charge in [0.2, 0.25) is 0 Å². The molecule has 2 heteroatoms. The molecule has 2 bridgehead atoms. The highest BCUT2D eigenvalue weighted by molar-refractivity contribution is 4.98. The van der Waals surface area contributed by atoms with E-state index in [1.165, 1.54) is 6.42 Å². The first-order valence-electron chi connectivity index (χ1n) is 4.61. The zero-order valence-electron chi connectivity index (χ0n) is 7.07. The lowest BCUT2D eigenvalue weighted by molar-refractivity contribution is -0.0253. The minimum atomic E-state index is -0.872. The van der Waals surface area contributed by atoms with Crippen LogP contribution in [0.15, 0.2) is 0 Å². The van der Waals surface area contributed by atoms with Gasteiger partial charge in [-0.05, 0) is 19.8 Å². The van der Waals surface area contributed by atoms with E-state index in [1.54, 1.807) is 6.92 Å². The summed E-state index contributed by atoms with van der Waals surface area (Å²) in [5, 5.41) is 3.30. The first kappa shape index (κ1) is 7.53. The maximum atomic E-state index is 13.9. The van der Waals surface area contributed by atoms with E-state index >= 15 is 0 Å². The third-order valence-corrected chi connectivity index (χ3v) is 3.48. The van der Waals surface area contributed by atoms with Gasteiger partial charge in [0.15, 0.2) is 0 Å². The molecule has 0 radical (unpaired) electrons. The predicted octanol–water partition coefficient (Wildman–Crippen LogP) is 1.73. The Hall–Kier alpha value is -0.110. The van der Waals surface area contributed by atoms with Crippen molar-refractivity contribution >= 4 is 0 Å². The van der Waals surface area contributed by atoms with Crippen molar-refractivity contribution in [2.24, 2.45) is 11.8 Å². The third-order valence-electron chi connectivity index (χ3n) is 3.48. The Balaban J connectivity index is 2.17. The van der Waals surface area contributed by atoms with Gasteiger partial charge in [0.1, 0.15) is 5.67 Å². The molecule has 1 nitrogen and oxygen atoms in total. The van der Waals surface area contributed by atoms with Gasteiger partial charge in [0, 0.05) is 24.9 Å². The van der Waals surface area contributed by atoms with E-state index in [4.69, 9.17) is 0 Å². The van der Waals surface area contributed by atoms with Crippen LogP contribution in [0.1, 0.15) is 26.2 Å². The zero-order valence-corrected chi connectivity index (χ0v) is 7.07. The first-order valence-corrected chi connectivity index (χ1v) is 4.61. The van der Waals surface area contributed by atoms with E-state index in [2.05, 4.69) is 5.32 Å². The Labute approximate surface area is 67.4 Å². The topological polar surface area (TPSA) is 12.0 Å². The molecule has 2 unspecified atom stereocenters. The second-order valence-corrected chi connectivity index (χ2v) is 4.13. The molecule has 64 valence electrons. The lowest BCUT2D eigenvalue weighted by atomic mass is 9.68. The summed E-state index contributed by atoms with van der Waals surface area (Å²) in [6.07, 6.45) is 3.39. The Morgan fingerprint density at radius 2 is 1.82 bits per heavy atom. The SMILES string of the molecule is CC1(F)C2CCCC1CNC2. The summed E-state index contributed by atoms with van der Waals surface area (Å²) in [6.45, 7) is 3.58. The van der Waals surface area contributed by atoms with Crippen molar-refractivity contribution in [3.8, 4) is 0 Å². The predicted molar refractivity (Wildman–Crippen MR) is 43.2 cm³/mol. The van der Waals surface area contributed by atoms with Crippen molar-refractivity contribution < 1.29 is 4.39 Å².